The van der Waals surface area contributed by atoms with Crippen molar-refractivity contribution in [3.8, 4) is 0 Å². The fourth-order valence-electron chi connectivity index (χ4n) is 2.44. The highest BCUT2D eigenvalue weighted by atomic mass is 35.5. The van der Waals surface area contributed by atoms with Gasteiger partial charge < -0.3 is 9.84 Å². The van der Waals surface area contributed by atoms with Crippen molar-refractivity contribution < 1.29 is 9.32 Å². The van der Waals surface area contributed by atoms with E-state index in [0.717, 1.165) is 23.4 Å². The van der Waals surface area contributed by atoms with Gasteiger partial charge in [-0.05, 0) is 37.0 Å². The molecule has 1 N–H and O–H groups in total. The van der Waals surface area contributed by atoms with Crippen LogP contribution in [0.25, 0.3) is 0 Å². The number of halogens is 2. The Bertz CT molecular complexity index is 684. The van der Waals surface area contributed by atoms with Crippen molar-refractivity contribution in [2.24, 2.45) is 5.92 Å². The normalized spacial score (nSPS) is 20.3. The fourth-order valence-corrected chi connectivity index (χ4v) is 2.99. The summed E-state index contributed by atoms with van der Waals surface area (Å²) in [4.78, 5) is 12.1. The number of carbonyl (C=O) groups excluding carboxylic acids is 1. The Kier molecular flexibility index (Phi) is 3.91. The Labute approximate surface area is 132 Å². The maximum atomic E-state index is 12.1. The van der Waals surface area contributed by atoms with E-state index in [-0.39, 0.29) is 17.7 Å². The minimum atomic E-state index is -0.0309. The van der Waals surface area contributed by atoms with E-state index in [9.17, 15) is 4.79 Å². The van der Waals surface area contributed by atoms with Gasteiger partial charge in [-0.2, -0.15) is 0 Å². The molecule has 1 aromatic carbocycles. The zero-order valence-corrected chi connectivity index (χ0v) is 12.9. The van der Waals surface area contributed by atoms with E-state index in [0.29, 0.717) is 16.6 Å². The quantitative estimate of drug-likeness (QED) is 0.932. The molecule has 0 bridgehead atoms. The van der Waals surface area contributed by atoms with Crippen LogP contribution in [-0.2, 0) is 11.3 Å². The SMILES string of the molecule is Cc1cc(CNC(=O)C2CC2c2ccc(Cl)cc2Cl)no1. The van der Waals surface area contributed by atoms with E-state index in [1.54, 1.807) is 18.2 Å². The Morgan fingerprint density at radius 2 is 2.24 bits per heavy atom. The van der Waals surface area contributed by atoms with E-state index in [1.807, 2.05) is 13.0 Å². The molecule has 0 aliphatic heterocycles. The average molecular weight is 325 g/mol. The predicted octanol–water partition coefficient (Wildman–Crippen LogP) is 3.71. The summed E-state index contributed by atoms with van der Waals surface area (Å²) in [7, 11) is 0. The second-order valence-corrected chi connectivity index (χ2v) is 6.10. The van der Waals surface area contributed by atoms with E-state index in [4.69, 9.17) is 27.7 Å². The van der Waals surface area contributed by atoms with Crippen LogP contribution in [0.5, 0.6) is 0 Å². The van der Waals surface area contributed by atoms with Crippen LogP contribution in [0.4, 0.5) is 0 Å². The number of carbonyl (C=O) groups is 1. The van der Waals surface area contributed by atoms with Gasteiger partial charge in [0.25, 0.3) is 0 Å². The Balaban J connectivity index is 1.58. The van der Waals surface area contributed by atoms with E-state index < -0.39 is 0 Å². The molecule has 1 amide bonds. The summed E-state index contributed by atoms with van der Waals surface area (Å²) >= 11 is 12.1. The second kappa shape index (κ2) is 5.70. The van der Waals surface area contributed by atoms with Crippen molar-refractivity contribution in [3.63, 3.8) is 0 Å². The number of aryl methyl sites for hydroxylation is 1. The van der Waals surface area contributed by atoms with Gasteiger partial charge in [-0.15, -0.1) is 0 Å². The van der Waals surface area contributed by atoms with Crippen LogP contribution in [0.15, 0.2) is 28.8 Å². The number of nitrogens with one attached hydrogen (secondary N) is 1. The standard InChI is InChI=1S/C15H14Cl2N2O2/c1-8-4-10(19-21-8)7-18-15(20)13-6-12(13)11-3-2-9(16)5-14(11)17/h2-5,12-13H,6-7H2,1H3,(H,18,20). The number of rotatable bonds is 4. The van der Waals surface area contributed by atoms with Gasteiger partial charge in [-0.25, -0.2) is 0 Å². The molecule has 1 saturated carbocycles. The monoisotopic (exact) mass is 324 g/mol. The second-order valence-electron chi connectivity index (χ2n) is 5.26. The first kappa shape index (κ1) is 14.4. The first-order chi connectivity index (χ1) is 10.0. The number of benzene rings is 1. The van der Waals surface area contributed by atoms with Gasteiger partial charge in [0.1, 0.15) is 11.5 Å². The summed E-state index contributed by atoms with van der Waals surface area (Å²) in [6.07, 6.45) is 0.811. The topological polar surface area (TPSA) is 55.1 Å². The van der Waals surface area contributed by atoms with Gasteiger partial charge in [0.15, 0.2) is 0 Å². The number of nitrogens with zero attached hydrogens (tertiary/aromatic N) is 1. The molecular weight excluding hydrogens is 311 g/mol. The predicted molar refractivity (Wildman–Crippen MR) is 80.4 cm³/mol. The van der Waals surface area contributed by atoms with Gasteiger partial charge in [0.2, 0.25) is 5.91 Å². The molecule has 110 valence electrons. The summed E-state index contributed by atoms with van der Waals surface area (Å²) in [5, 5.41) is 7.94. The third-order valence-corrected chi connectivity index (χ3v) is 4.17. The summed E-state index contributed by atoms with van der Waals surface area (Å²) in [6, 6.07) is 7.21. The van der Waals surface area contributed by atoms with Crippen molar-refractivity contribution in [2.45, 2.75) is 25.8 Å². The van der Waals surface area contributed by atoms with Crippen LogP contribution in [0.2, 0.25) is 10.0 Å². The zero-order valence-electron chi connectivity index (χ0n) is 11.4. The Hall–Kier alpha value is -1.52. The molecular formula is C15H14Cl2N2O2. The van der Waals surface area contributed by atoms with Gasteiger partial charge in [0.05, 0.1) is 6.54 Å². The summed E-state index contributed by atoms with van der Waals surface area (Å²) in [6.45, 7) is 2.20. The Morgan fingerprint density at radius 1 is 1.43 bits per heavy atom. The molecule has 0 radical (unpaired) electrons. The van der Waals surface area contributed by atoms with E-state index in [1.165, 1.54) is 0 Å². The number of aromatic nitrogens is 1. The molecule has 1 heterocycles. The molecule has 1 fully saturated rings. The lowest BCUT2D eigenvalue weighted by Gasteiger charge is -2.05. The van der Waals surface area contributed by atoms with Crippen LogP contribution >= 0.6 is 23.2 Å². The van der Waals surface area contributed by atoms with Crippen molar-refractivity contribution >= 4 is 29.1 Å². The minimum absolute atomic E-state index is 0.0201. The summed E-state index contributed by atoms with van der Waals surface area (Å²) in [5.74, 6) is 0.897. The van der Waals surface area contributed by atoms with Gasteiger partial charge in [-0.3, -0.25) is 4.79 Å². The first-order valence-corrected chi connectivity index (χ1v) is 7.45. The molecule has 2 atom stereocenters. The van der Waals surface area contributed by atoms with Crippen LogP contribution in [-0.4, -0.2) is 11.1 Å². The fraction of sp³-hybridized carbons (Fsp3) is 0.333. The zero-order chi connectivity index (χ0) is 15.0. The van der Waals surface area contributed by atoms with Crippen LogP contribution in [0.3, 0.4) is 0 Å². The highest BCUT2D eigenvalue weighted by molar-refractivity contribution is 6.35. The molecule has 2 aromatic rings. The maximum Gasteiger partial charge on any atom is 0.224 e. The van der Waals surface area contributed by atoms with Crippen LogP contribution < -0.4 is 5.32 Å². The van der Waals surface area contributed by atoms with Crippen molar-refractivity contribution in [2.75, 3.05) is 0 Å². The molecule has 2 unspecified atom stereocenters. The minimum Gasteiger partial charge on any atom is -0.361 e. The maximum absolute atomic E-state index is 12.1. The lowest BCUT2D eigenvalue weighted by atomic mass is 10.1. The first-order valence-electron chi connectivity index (χ1n) is 6.69. The molecule has 0 spiro atoms. The smallest absolute Gasteiger partial charge is 0.224 e. The molecule has 1 aromatic heterocycles. The molecule has 21 heavy (non-hydrogen) atoms. The molecule has 1 aliphatic carbocycles. The highest BCUT2D eigenvalue weighted by Crippen LogP contribution is 2.50. The third kappa shape index (κ3) is 3.22. The van der Waals surface area contributed by atoms with Gasteiger partial charge in [0, 0.05) is 22.0 Å². The number of hydrogen-bond donors (Lipinski definition) is 1. The van der Waals surface area contributed by atoms with Gasteiger partial charge >= 0.3 is 0 Å². The summed E-state index contributed by atoms with van der Waals surface area (Å²) < 4.78 is 4.96. The molecule has 1 aliphatic rings. The molecule has 6 heteroatoms. The van der Waals surface area contributed by atoms with Crippen molar-refractivity contribution in [1.29, 1.82) is 0 Å². The third-order valence-electron chi connectivity index (χ3n) is 3.61. The largest absolute Gasteiger partial charge is 0.361 e. The van der Waals surface area contributed by atoms with Gasteiger partial charge in [-0.1, -0.05) is 34.4 Å². The Morgan fingerprint density at radius 3 is 2.90 bits per heavy atom. The van der Waals surface area contributed by atoms with E-state index >= 15 is 0 Å². The van der Waals surface area contributed by atoms with Crippen molar-refractivity contribution in [1.82, 2.24) is 10.5 Å². The summed E-state index contributed by atoms with van der Waals surface area (Å²) in [5.41, 5.74) is 1.71. The highest BCUT2D eigenvalue weighted by Gasteiger charge is 2.44. The molecule has 4 nitrogen and oxygen atoms in total. The molecule has 3 rings (SSSR count). The van der Waals surface area contributed by atoms with Crippen molar-refractivity contribution in [3.05, 3.63) is 51.3 Å². The number of amides is 1. The number of hydrogen-bond acceptors (Lipinski definition) is 3. The lowest BCUT2D eigenvalue weighted by Crippen LogP contribution is -2.25. The van der Waals surface area contributed by atoms with Crippen LogP contribution in [0.1, 0.15) is 29.4 Å². The van der Waals surface area contributed by atoms with Crippen LogP contribution in [0, 0.1) is 12.8 Å². The van der Waals surface area contributed by atoms with E-state index in [2.05, 4.69) is 10.5 Å². The lowest BCUT2D eigenvalue weighted by molar-refractivity contribution is -0.122. The molecule has 0 saturated heterocycles. The average Bonchev–Trinajstić information content (AvgIpc) is 3.11.